The van der Waals surface area contributed by atoms with Gasteiger partial charge in [-0.2, -0.15) is 11.8 Å². The number of carbonyl (C=O) groups excluding carboxylic acids is 2. The number of hydrogen-bond donors (Lipinski definition) is 1. The van der Waals surface area contributed by atoms with E-state index in [-0.39, 0.29) is 18.4 Å². The third-order valence-electron chi connectivity index (χ3n) is 4.00. The molecular formula is C16H22N2O2S. The third kappa shape index (κ3) is 3.40. The van der Waals surface area contributed by atoms with Gasteiger partial charge in [-0.05, 0) is 25.2 Å². The van der Waals surface area contributed by atoms with Gasteiger partial charge in [-0.25, -0.2) is 0 Å². The molecule has 2 atom stereocenters. The summed E-state index contributed by atoms with van der Waals surface area (Å²) in [5.41, 5.74) is -0.134. The lowest BCUT2D eigenvalue weighted by molar-refractivity contribution is -0.149. The predicted octanol–water partition coefficient (Wildman–Crippen LogP) is 2.00. The van der Waals surface area contributed by atoms with Crippen LogP contribution >= 0.6 is 11.8 Å². The van der Waals surface area contributed by atoms with Crippen LogP contribution in [0, 0.1) is 0 Å². The van der Waals surface area contributed by atoms with Crippen molar-refractivity contribution in [2.75, 3.05) is 19.3 Å². The highest BCUT2D eigenvalue weighted by molar-refractivity contribution is 7.99. The van der Waals surface area contributed by atoms with Crippen molar-refractivity contribution in [3.05, 3.63) is 35.9 Å². The number of hydrogen-bond acceptors (Lipinski definition) is 3. The molecule has 0 spiro atoms. The van der Waals surface area contributed by atoms with Gasteiger partial charge in [0.05, 0.1) is 6.54 Å². The molecule has 0 bridgehead atoms. The van der Waals surface area contributed by atoms with Gasteiger partial charge in [-0.1, -0.05) is 37.3 Å². The molecule has 0 radical (unpaired) electrons. The zero-order valence-electron chi connectivity index (χ0n) is 12.8. The lowest BCUT2D eigenvalue weighted by atomic mass is 9.88. The molecule has 2 rings (SSSR count). The van der Waals surface area contributed by atoms with Gasteiger partial charge >= 0.3 is 0 Å². The standard InChI is InChI=1S/C16H22N2O2S/c1-12(21-3)9-10-18-11-14(19)17-16(2,15(18)20)13-7-5-4-6-8-13/h4-8,12H,9-11H2,1-3H3,(H,17,19). The van der Waals surface area contributed by atoms with Crippen LogP contribution < -0.4 is 5.32 Å². The second kappa shape index (κ2) is 6.52. The number of amides is 2. The fourth-order valence-electron chi connectivity index (χ4n) is 2.54. The fourth-order valence-corrected chi connectivity index (χ4v) is 2.88. The first kappa shape index (κ1) is 15.9. The van der Waals surface area contributed by atoms with Crippen LogP contribution in [-0.2, 0) is 15.1 Å². The lowest BCUT2D eigenvalue weighted by Crippen LogP contribution is -2.63. The Hall–Kier alpha value is -1.49. The van der Waals surface area contributed by atoms with Crippen molar-refractivity contribution in [3.8, 4) is 0 Å². The average Bonchev–Trinajstić information content (AvgIpc) is 2.50. The molecule has 1 fully saturated rings. The first-order valence-electron chi connectivity index (χ1n) is 7.16. The Labute approximate surface area is 130 Å². The summed E-state index contributed by atoms with van der Waals surface area (Å²) in [7, 11) is 0. The second-order valence-corrected chi connectivity index (χ2v) is 6.88. The maximum absolute atomic E-state index is 12.8. The van der Waals surface area contributed by atoms with Crippen molar-refractivity contribution in [3.63, 3.8) is 0 Å². The number of rotatable bonds is 5. The Morgan fingerprint density at radius 1 is 1.33 bits per heavy atom. The van der Waals surface area contributed by atoms with Crippen LogP contribution in [0.3, 0.4) is 0 Å². The quantitative estimate of drug-likeness (QED) is 0.905. The van der Waals surface area contributed by atoms with E-state index < -0.39 is 5.54 Å². The number of nitrogens with one attached hydrogen (secondary N) is 1. The van der Waals surface area contributed by atoms with Gasteiger partial charge in [0, 0.05) is 11.8 Å². The largest absolute Gasteiger partial charge is 0.337 e. The van der Waals surface area contributed by atoms with Crippen molar-refractivity contribution >= 4 is 23.6 Å². The van der Waals surface area contributed by atoms with E-state index in [1.165, 1.54) is 0 Å². The topological polar surface area (TPSA) is 49.4 Å². The third-order valence-corrected chi connectivity index (χ3v) is 5.04. The molecule has 5 heteroatoms. The fraction of sp³-hybridized carbons (Fsp3) is 0.500. The van der Waals surface area contributed by atoms with Crippen molar-refractivity contribution in [1.82, 2.24) is 10.2 Å². The summed E-state index contributed by atoms with van der Waals surface area (Å²) in [5.74, 6) is -0.126. The number of carbonyl (C=O) groups is 2. The predicted molar refractivity (Wildman–Crippen MR) is 86.1 cm³/mol. The van der Waals surface area contributed by atoms with E-state index in [1.54, 1.807) is 23.6 Å². The normalized spacial score (nSPS) is 23.9. The molecule has 4 nitrogen and oxygen atoms in total. The Balaban J connectivity index is 2.19. The van der Waals surface area contributed by atoms with Crippen molar-refractivity contribution in [1.29, 1.82) is 0 Å². The van der Waals surface area contributed by atoms with Gasteiger partial charge < -0.3 is 10.2 Å². The van der Waals surface area contributed by atoms with Crippen molar-refractivity contribution in [2.45, 2.75) is 31.1 Å². The van der Waals surface area contributed by atoms with Gasteiger partial charge in [0.25, 0.3) is 5.91 Å². The minimum absolute atomic E-state index is 0.0263. The van der Waals surface area contributed by atoms with Crippen LogP contribution in [0.15, 0.2) is 30.3 Å². The Morgan fingerprint density at radius 3 is 2.62 bits per heavy atom. The van der Waals surface area contributed by atoms with Crippen LogP contribution in [0.5, 0.6) is 0 Å². The van der Waals surface area contributed by atoms with Crippen LogP contribution in [0.2, 0.25) is 0 Å². The highest BCUT2D eigenvalue weighted by Gasteiger charge is 2.43. The summed E-state index contributed by atoms with van der Waals surface area (Å²) in [6, 6.07) is 9.43. The molecule has 1 aromatic carbocycles. The molecule has 1 N–H and O–H groups in total. The molecule has 1 aliphatic heterocycles. The van der Waals surface area contributed by atoms with E-state index in [2.05, 4.69) is 18.5 Å². The average molecular weight is 306 g/mol. The van der Waals surface area contributed by atoms with Gasteiger partial charge in [0.1, 0.15) is 5.54 Å². The smallest absolute Gasteiger partial charge is 0.253 e. The molecule has 2 amide bonds. The van der Waals surface area contributed by atoms with Crippen molar-refractivity contribution in [2.24, 2.45) is 0 Å². The van der Waals surface area contributed by atoms with E-state index in [1.807, 2.05) is 30.3 Å². The van der Waals surface area contributed by atoms with E-state index in [9.17, 15) is 9.59 Å². The summed E-state index contributed by atoms with van der Waals surface area (Å²) < 4.78 is 0. The summed E-state index contributed by atoms with van der Waals surface area (Å²) in [6.45, 7) is 4.70. The van der Waals surface area contributed by atoms with E-state index in [0.717, 1.165) is 12.0 Å². The Bertz CT molecular complexity index is 520. The van der Waals surface area contributed by atoms with Gasteiger partial charge in [0.15, 0.2) is 0 Å². The molecule has 1 aliphatic rings. The van der Waals surface area contributed by atoms with Gasteiger partial charge in [-0.15, -0.1) is 0 Å². The summed E-state index contributed by atoms with van der Waals surface area (Å²) in [5, 5.41) is 3.33. The maximum Gasteiger partial charge on any atom is 0.253 e. The zero-order chi connectivity index (χ0) is 15.5. The molecule has 21 heavy (non-hydrogen) atoms. The highest BCUT2D eigenvalue weighted by atomic mass is 32.2. The summed E-state index contributed by atoms with van der Waals surface area (Å²) >= 11 is 1.77. The number of nitrogens with zero attached hydrogens (tertiary/aromatic N) is 1. The second-order valence-electron chi connectivity index (χ2n) is 5.60. The molecule has 1 aromatic rings. The molecule has 1 heterocycles. The summed E-state index contributed by atoms with van der Waals surface area (Å²) in [4.78, 5) is 26.5. The number of benzene rings is 1. The van der Waals surface area contributed by atoms with Crippen LogP contribution in [-0.4, -0.2) is 41.3 Å². The highest BCUT2D eigenvalue weighted by Crippen LogP contribution is 2.26. The van der Waals surface area contributed by atoms with Gasteiger partial charge in [0.2, 0.25) is 5.91 Å². The zero-order valence-corrected chi connectivity index (χ0v) is 13.6. The van der Waals surface area contributed by atoms with Crippen LogP contribution in [0.25, 0.3) is 0 Å². The van der Waals surface area contributed by atoms with Crippen LogP contribution in [0.4, 0.5) is 0 Å². The van der Waals surface area contributed by atoms with Crippen molar-refractivity contribution < 1.29 is 9.59 Å². The Kier molecular flexibility index (Phi) is 4.93. The lowest BCUT2D eigenvalue weighted by Gasteiger charge is -2.40. The molecular weight excluding hydrogens is 284 g/mol. The molecule has 2 unspecified atom stereocenters. The van der Waals surface area contributed by atoms with Gasteiger partial charge in [-0.3, -0.25) is 9.59 Å². The number of thioether (sulfide) groups is 1. The summed E-state index contributed by atoms with van der Waals surface area (Å²) in [6.07, 6.45) is 2.95. The monoisotopic (exact) mass is 306 g/mol. The Morgan fingerprint density at radius 2 is 2.00 bits per heavy atom. The first-order valence-corrected chi connectivity index (χ1v) is 8.45. The SMILES string of the molecule is CSC(C)CCN1CC(=O)NC(C)(c2ccccc2)C1=O. The minimum atomic E-state index is -0.959. The first-order chi connectivity index (χ1) is 9.97. The van der Waals surface area contributed by atoms with E-state index in [4.69, 9.17) is 0 Å². The van der Waals surface area contributed by atoms with E-state index in [0.29, 0.717) is 11.8 Å². The van der Waals surface area contributed by atoms with E-state index >= 15 is 0 Å². The van der Waals surface area contributed by atoms with Crippen LogP contribution in [0.1, 0.15) is 25.8 Å². The molecule has 114 valence electrons. The minimum Gasteiger partial charge on any atom is -0.337 e. The molecule has 0 aliphatic carbocycles. The molecule has 0 aromatic heterocycles. The molecule has 0 saturated carbocycles. The maximum atomic E-state index is 12.8. The molecule has 1 saturated heterocycles. The number of piperazine rings is 1.